The van der Waals surface area contributed by atoms with E-state index in [-0.39, 0.29) is 23.8 Å². The van der Waals surface area contributed by atoms with E-state index < -0.39 is 0 Å². The Hall–Kier alpha value is -3.82. The van der Waals surface area contributed by atoms with Crippen molar-refractivity contribution in [2.45, 2.75) is 38.9 Å². The molecule has 2 aromatic heterocycles. The first-order chi connectivity index (χ1) is 15.0. The lowest BCUT2D eigenvalue weighted by Gasteiger charge is -2.31. The summed E-state index contributed by atoms with van der Waals surface area (Å²) < 4.78 is 3.18. The molecule has 3 heterocycles. The number of benzene rings is 1. The van der Waals surface area contributed by atoms with Gasteiger partial charge < -0.3 is 15.6 Å². The van der Waals surface area contributed by atoms with E-state index in [1.807, 2.05) is 4.57 Å². The maximum atomic E-state index is 13.4. The summed E-state index contributed by atoms with van der Waals surface area (Å²) in [6.45, 7) is 3.77. The van der Waals surface area contributed by atoms with Gasteiger partial charge in [0.05, 0.1) is 24.7 Å². The largest absolute Gasteiger partial charge is 0.341 e. The molecule has 31 heavy (non-hydrogen) atoms. The van der Waals surface area contributed by atoms with Crippen LogP contribution in [0, 0.1) is 28.6 Å². The van der Waals surface area contributed by atoms with Crippen LogP contribution in [0.25, 0.3) is 11.2 Å². The zero-order valence-corrected chi connectivity index (χ0v) is 17.4. The van der Waals surface area contributed by atoms with Crippen LogP contribution in [0.3, 0.4) is 0 Å². The second kappa shape index (κ2) is 8.50. The van der Waals surface area contributed by atoms with Crippen LogP contribution in [0.1, 0.15) is 30.9 Å². The molecule has 0 spiro atoms. The van der Waals surface area contributed by atoms with Crippen molar-refractivity contribution in [3.8, 4) is 17.9 Å². The van der Waals surface area contributed by atoms with E-state index in [4.69, 9.17) is 16.4 Å². The van der Waals surface area contributed by atoms with Crippen LogP contribution >= 0.6 is 0 Å². The maximum Gasteiger partial charge on any atom is 0.281 e. The standard InChI is InChI=1S/C22H24N8O/c1-2-3-11-29-18-19(27-22(29)28-10-4-5-17(24)14-28)26-21(25)30(20(18)31)13-16-8-6-15(12-23)7-9-16/h6-9,17H,4-5,10-11,13-14,24H2,1H3,(H2,25,26)/t17-/m1/s1. The van der Waals surface area contributed by atoms with Crippen molar-refractivity contribution < 1.29 is 0 Å². The van der Waals surface area contributed by atoms with Gasteiger partial charge in [0.25, 0.3) is 5.56 Å². The minimum absolute atomic E-state index is 0.0324. The Morgan fingerprint density at radius 1 is 1.32 bits per heavy atom. The fraction of sp³-hybridized carbons (Fsp3) is 0.364. The van der Waals surface area contributed by atoms with Crippen LogP contribution in [-0.4, -0.2) is 38.2 Å². The number of imidazole rings is 1. The number of fused-ring (bicyclic) bond motifs is 1. The molecule has 0 saturated carbocycles. The van der Waals surface area contributed by atoms with Crippen molar-refractivity contribution in [2.24, 2.45) is 5.73 Å². The number of H-pyrrole nitrogens is 1. The van der Waals surface area contributed by atoms with E-state index in [9.17, 15) is 4.79 Å². The number of nitrogens with two attached hydrogens (primary N) is 1. The summed E-state index contributed by atoms with van der Waals surface area (Å²) in [4.78, 5) is 23.2. The van der Waals surface area contributed by atoms with Gasteiger partial charge in [0, 0.05) is 19.1 Å². The summed E-state index contributed by atoms with van der Waals surface area (Å²) in [7, 11) is 0. The molecule has 1 atom stereocenters. The molecular formula is C22H24N8O. The molecule has 1 aromatic carbocycles. The molecule has 4 N–H and O–H groups in total. The summed E-state index contributed by atoms with van der Waals surface area (Å²) in [6, 6.07) is 9.11. The lowest BCUT2D eigenvalue weighted by Crippen LogP contribution is -2.44. The van der Waals surface area contributed by atoms with Gasteiger partial charge in [-0.3, -0.25) is 19.3 Å². The molecule has 3 aromatic rings. The van der Waals surface area contributed by atoms with E-state index in [0.717, 1.165) is 24.9 Å². The summed E-state index contributed by atoms with van der Waals surface area (Å²) in [5.41, 5.74) is 7.96. The van der Waals surface area contributed by atoms with Crippen molar-refractivity contribution in [1.29, 1.82) is 10.7 Å². The van der Waals surface area contributed by atoms with Gasteiger partial charge >= 0.3 is 0 Å². The first-order valence-corrected chi connectivity index (χ1v) is 10.2. The fourth-order valence-electron chi connectivity index (χ4n) is 3.91. The molecule has 1 saturated heterocycles. The molecule has 9 nitrogen and oxygen atoms in total. The van der Waals surface area contributed by atoms with Crippen LogP contribution in [0.15, 0.2) is 29.1 Å². The first kappa shape index (κ1) is 20.5. The van der Waals surface area contributed by atoms with E-state index in [0.29, 0.717) is 35.8 Å². The maximum absolute atomic E-state index is 13.4. The fourth-order valence-corrected chi connectivity index (χ4v) is 3.91. The topological polar surface area (TPSA) is 133 Å². The van der Waals surface area contributed by atoms with Crippen LogP contribution in [0.4, 0.5) is 5.95 Å². The number of aromatic amines is 1. The van der Waals surface area contributed by atoms with Crippen LogP contribution in [0.2, 0.25) is 0 Å². The van der Waals surface area contributed by atoms with Gasteiger partial charge in [-0.05, 0) is 37.5 Å². The predicted molar refractivity (Wildman–Crippen MR) is 117 cm³/mol. The van der Waals surface area contributed by atoms with E-state index in [1.165, 1.54) is 4.57 Å². The summed E-state index contributed by atoms with van der Waals surface area (Å²) in [5, 5.41) is 17.3. The molecule has 0 unspecified atom stereocenters. The SMILES string of the molecule is CC#CCn1c(N2CCC[C@@H](N)C2)nc2[nH]c(=N)n(Cc3ccc(C#N)cc3)c(=O)c21. The Morgan fingerprint density at radius 2 is 2.10 bits per heavy atom. The number of nitriles is 1. The van der Waals surface area contributed by atoms with Gasteiger partial charge in [-0.15, -0.1) is 5.92 Å². The Kier molecular flexibility index (Phi) is 5.61. The minimum atomic E-state index is -0.305. The third-order valence-electron chi connectivity index (χ3n) is 5.48. The zero-order valence-electron chi connectivity index (χ0n) is 17.4. The summed E-state index contributed by atoms with van der Waals surface area (Å²) in [6.07, 6.45) is 1.92. The molecule has 158 valence electrons. The molecule has 1 aliphatic heterocycles. The minimum Gasteiger partial charge on any atom is -0.341 e. The first-order valence-electron chi connectivity index (χ1n) is 10.2. The third-order valence-corrected chi connectivity index (χ3v) is 5.48. The van der Waals surface area contributed by atoms with Gasteiger partial charge in [0.15, 0.2) is 11.2 Å². The average molecular weight is 416 g/mol. The van der Waals surface area contributed by atoms with E-state index >= 15 is 0 Å². The Balaban J connectivity index is 1.84. The Bertz CT molecular complexity index is 1330. The van der Waals surface area contributed by atoms with Crippen molar-refractivity contribution >= 4 is 17.1 Å². The molecule has 0 bridgehead atoms. The highest BCUT2D eigenvalue weighted by Crippen LogP contribution is 2.22. The van der Waals surface area contributed by atoms with E-state index in [2.05, 4.69) is 32.8 Å². The monoisotopic (exact) mass is 416 g/mol. The van der Waals surface area contributed by atoms with Crippen molar-refractivity contribution in [3.05, 3.63) is 51.4 Å². The molecule has 0 amide bonds. The van der Waals surface area contributed by atoms with Gasteiger partial charge in [-0.2, -0.15) is 10.2 Å². The quantitative estimate of drug-likeness (QED) is 0.543. The molecule has 0 aliphatic carbocycles. The van der Waals surface area contributed by atoms with Crippen LogP contribution < -0.4 is 21.8 Å². The molecule has 1 fully saturated rings. The van der Waals surface area contributed by atoms with Crippen molar-refractivity contribution in [2.75, 3.05) is 18.0 Å². The van der Waals surface area contributed by atoms with Gasteiger partial charge in [-0.1, -0.05) is 18.1 Å². The number of hydrogen-bond donors (Lipinski definition) is 3. The third kappa shape index (κ3) is 3.96. The normalized spacial score (nSPS) is 16.0. The molecular weight excluding hydrogens is 392 g/mol. The number of piperidine rings is 1. The Labute approximate surface area is 179 Å². The lowest BCUT2D eigenvalue weighted by molar-refractivity contribution is 0.496. The van der Waals surface area contributed by atoms with Crippen LogP contribution in [-0.2, 0) is 13.1 Å². The average Bonchev–Trinajstić information content (AvgIpc) is 3.14. The predicted octanol–water partition coefficient (Wildman–Crippen LogP) is 0.876. The van der Waals surface area contributed by atoms with Crippen molar-refractivity contribution in [1.82, 2.24) is 19.1 Å². The van der Waals surface area contributed by atoms with Gasteiger partial charge in [0.1, 0.15) is 0 Å². The molecule has 9 heteroatoms. The van der Waals surface area contributed by atoms with Crippen LogP contribution in [0.5, 0.6) is 0 Å². The number of nitrogens with zero attached hydrogens (tertiary/aromatic N) is 5. The lowest BCUT2D eigenvalue weighted by atomic mass is 10.1. The molecule has 1 aliphatic rings. The number of nitrogens with one attached hydrogen (secondary N) is 2. The highest BCUT2D eigenvalue weighted by Gasteiger charge is 2.24. The number of rotatable bonds is 4. The molecule has 0 radical (unpaired) electrons. The Morgan fingerprint density at radius 3 is 2.77 bits per heavy atom. The molecule has 4 rings (SSSR count). The second-order valence-corrected chi connectivity index (χ2v) is 7.64. The van der Waals surface area contributed by atoms with Crippen molar-refractivity contribution in [3.63, 3.8) is 0 Å². The zero-order chi connectivity index (χ0) is 22.0. The van der Waals surface area contributed by atoms with Gasteiger partial charge in [-0.25, -0.2) is 0 Å². The number of anilines is 1. The second-order valence-electron chi connectivity index (χ2n) is 7.64. The highest BCUT2D eigenvalue weighted by atomic mass is 16.1. The summed E-state index contributed by atoms with van der Waals surface area (Å²) >= 11 is 0. The highest BCUT2D eigenvalue weighted by molar-refractivity contribution is 5.74. The van der Waals surface area contributed by atoms with Gasteiger partial charge in [0.2, 0.25) is 11.6 Å². The number of aromatic nitrogens is 4. The summed E-state index contributed by atoms with van der Waals surface area (Å²) in [5.74, 6) is 6.56. The number of hydrogen-bond acceptors (Lipinski definition) is 6. The van der Waals surface area contributed by atoms with E-state index in [1.54, 1.807) is 31.2 Å². The smallest absolute Gasteiger partial charge is 0.281 e.